The van der Waals surface area contributed by atoms with Crippen molar-refractivity contribution in [3.8, 4) is 22.3 Å². The average Bonchev–Trinajstić information content (AvgIpc) is 3.39. The molecule has 9 nitrogen and oxygen atoms in total. The Morgan fingerprint density at radius 3 is 2.45 bits per heavy atom. The van der Waals surface area contributed by atoms with Gasteiger partial charge in [0.2, 0.25) is 11.7 Å². The van der Waals surface area contributed by atoms with Gasteiger partial charge in [-0.2, -0.15) is 4.98 Å². The van der Waals surface area contributed by atoms with Gasteiger partial charge in [0.1, 0.15) is 10.8 Å². The smallest absolute Gasteiger partial charge is 0.294 e. The van der Waals surface area contributed by atoms with Gasteiger partial charge in [0.05, 0.1) is 26.8 Å². The summed E-state index contributed by atoms with van der Waals surface area (Å²) in [5.41, 5.74) is 0.911. The van der Waals surface area contributed by atoms with Crippen molar-refractivity contribution >= 4 is 11.3 Å². The molecule has 0 radical (unpaired) electrons. The molecule has 0 spiro atoms. The number of piperazine rings is 1. The van der Waals surface area contributed by atoms with E-state index in [0.29, 0.717) is 30.1 Å². The van der Waals surface area contributed by atoms with E-state index in [4.69, 9.17) is 14.0 Å². The van der Waals surface area contributed by atoms with Crippen LogP contribution in [0.5, 0.6) is 10.9 Å². The van der Waals surface area contributed by atoms with Crippen LogP contribution in [0, 0.1) is 0 Å². The van der Waals surface area contributed by atoms with Crippen molar-refractivity contribution < 1.29 is 14.0 Å². The Bertz CT molecular complexity index is 905. The molecular formula is C19H24N6O3S. The second-order valence-corrected chi connectivity index (χ2v) is 7.71. The molecule has 4 rings (SSSR count). The fourth-order valence-corrected chi connectivity index (χ4v) is 3.94. The van der Waals surface area contributed by atoms with Gasteiger partial charge < -0.3 is 14.0 Å². The highest BCUT2D eigenvalue weighted by molar-refractivity contribution is 7.13. The van der Waals surface area contributed by atoms with E-state index < -0.39 is 0 Å². The van der Waals surface area contributed by atoms with E-state index in [9.17, 15) is 0 Å². The van der Waals surface area contributed by atoms with E-state index >= 15 is 0 Å². The molecular weight excluding hydrogens is 392 g/mol. The SMILES string of the molecule is CCOc1nnc(CN2CCN(Cc3nc(-c4ccc(OC)cc4)no3)CC2)s1. The third-order valence-corrected chi connectivity index (χ3v) is 5.54. The topological polar surface area (TPSA) is 89.6 Å². The maximum Gasteiger partial charge on any atom is 0.294 e. The second kappa shape index (κ2) is 9.29. The molecule has 0 unspecified atom stereocenters. The summed E-state index contributed by atoms with van der Waals surface area (Å²) in [5.74, 6) is 2.04. The zero-order valence-corrected chi connectivity index (χ0v) is 17.4. The monoisotopic (exact) mass is 416 g/mol. The molecule has 0 N–H and O–H groups in total. The number of ether oxygens (including phenoxy) is 2. The second-order valence-electron chi connectivity index (χ2n) is 6.69. The van der Waals surface area contributed by atoms with Gasteiger partial charge in [0, 0.05) is 31.7 Å². The van der Waals surface area contributed by atoms with Crippen LogP contribution in [0.25, 0.3) is 11.4 Å². The van der Waals surface area contributed by atoms with Crippen molar-refractivity contribution in [3.05, 3.63) is 35.2 Å². The highest BCUT2D eigenvalue weighted by Crippen LogP contribution is 2.21. The molecule has 1 aliphatic rings. The minimum atomic E-state index is 0.600. The van der Waals surface area contributed by atoms with Crippen LogP contribution >= 0.6 is 11.3 Å². The third kappa shape index (κ3) is 5.08. The molecule has 3 heterocycles. The first kappa shape index (κ1) is 19.7. The molecule has 0 saturated carbocycles. The molecule has 0 bridgehead atoms. The lowest BCUT2D eigenvalue weighted by molar-refractivity contribution is 0.112. The van der Waals surface area contributed by atoms with Gasteiger partial charge in [-0.05, 0) is 31.2 Å². The maximum atomic E-state index is 5.45. The van der Waals surface area contributed by atoms with E-state index in [1.807, 2.05) is 31.2 Å². The fraction of sp³-hybridized carbons (Fsp3) is 0.474. The molecule has 0 amide bonds. The van der Waals surface area contributed by atoms with E-state index in [-0.39, 0.29) is 0 Å². The Balaban J connectivity index is 1.26. The van der Waals surface area contributed by atoms with Crippen LogP contribution in [0.4, 0.5) is 0 Å². The number of methoxy groups -OCH3 is 1. The summed E-state index contributed by atoms with van der Waals surface area (Å²) >= 11 is 1.52. The van der Waals surface area contributed by atoms with Crippen LogP contribution in [0.15, 0.2) is 28.8 Å². The average molecular weight is 417 g/mol. The molecule has 154 valence electrons. The lowest BCUT2D eigenvalue weighted by Gasteiger charge is -2.33. The lowest BCUT2D eigenvalue weighted by Crippen LogP contribution is -2.45. The fourth-order valence-electron chi connectivity index (χ4n) is 3.15. The van der Waals surface area contributed by atoms with Gasteiger partial charge in [-0.3, -0.25) is 9.80 Å². The highest BCUT2D eigenvalue weighted by Gasteiger charge is 2.21. The first-order valence-corrected chi connectivity index (χ1v) is 10.4. The number of nitrogens with zero attached hydrogens (tertiary/aromatic N) is 6. The number of rotatable bonds is 8. The summed E-state index contributed by atoms with van der Waals surface area (Å²) in [6.45, 7) is 7.83. The summed E-state index contributed by atoms with van der Waals surface area (Å²) in [6, 6.07) is 7.63. The zero-order valence-electron chi connectivity index (χ0n) is 16.6. The minimum Gasteiger partial charge on any atom is -0.497 e. The van der Waals surface area contributed by atoms with Crippen molar-refractivity contribution in [1.82, 2.24) is 30.1 Å². The zero-order chi connectivity index (χ0) is 20.1. The van der Waals surface area contributed by atoms with Crippen LogP contribution in [0.1, 0.15) is 17.8 Å². The van der Waals surface area contributed by atoms with Gasteiger partial charge >= 0.3 is 0 Å². The van der Waals surface area contributed by atoms with Crippen molar-refractivity contribution in [2.75, 3.05) is 39.9 Å². The first-order chi connectivity index (χ1) is 14.2. The Labute approximate surface area is 173 Å². The van der Waals surface area contributed by atoms with Gasteiger partial charge in [-0.15, -0.1) is 10.2 Å². The molecule has 2 aromatic heterocycles. The van der Waals surface area contributed by atoms with Gasteiger partial charge in [0.15, 0.2) is 0 Å². The number of hydrogen-bond donors (Lipinski definition) is 0. The van der Waals surface area contributed by atoms with E-state index in [2.05, 4.69) is 30.1 Å². The van der Waals surface area contributed by atoms with Crippen LogP contribution in [0.3, 0.4) is 0 Å². The molecule has 1 fully saturated rings. The third-order valence-electron chi connectivity index (χ3n) is 4.72. The van der Waals surface area contributed by atoms with Gasteiger partial charge in [0.25, 0.3) is 5.19 Å². The van der Waals surface area contributed by atoms with E-state index in [1.54, 1.807) is 7.11 Å². The largest absolute Gasteiger partial charge is 0.497 e. The number of benzene rings is 1. The molecule has 1 saturated heterocycles. The molecule has 1 aliphatic heterocycles. The Kier molecular flexibility index (Phi) is 6.33. The number of hydrogen-bond acceptors (Lipinski definition) is 10. The Hall–Kier alpha value is -2.56. The highest BCUT2D eigenvalue weighted by atomic mass is 32.1. The molecule has 0 atom stereocenters. The van der Waals surface area contributed by atoms with Gasteiger partial charge in [-0.1, -0.05) is 16.5 Å². The van der Waals surface area contributed by atoms with Crippen LogP contribution in [0.2, 0.25) is 0 Å². The maximum absolute atomic E-state index is 5.45. The summed E-state index contributed by atoms with van der Waals surface area (Å²) in [6.07, 6.45) is 0. The van der Waals surface area contributed by atoms with Crippen LogP contribution < -0.4 is 9.47 Å². The quantitative estimate of drug-likeness (QED) is 0.549. The lowest BCUT2D eigenvalue weighted by atomic mass is 10.2. The normalized spacial score (nSPS) is 15.5. The molecule has 1 aromatic carbocycles. The first-order valence-electron chi connectivity index (χ1n) is 9.60. The van der Waals surface area contributed by atoms with E-state index in [0.717, 1.165) is 49.0 Å². The molecule has 29 heavy (non-hydrogen) atoms. The predicted octanol–water partition coefficient (Wildman–Crippen LogP) is 2.31. The number of aromatic nitrogens is 4. The van der Waals surface area contributed by atoms with Gasteiger partial charge in [-0.25, -0.2) is 0 Å². The van der Waals surface area contributed by atoms with Crippen LogP contribution in [-0.4, -0.2) is 70.0 Å². The van der Waals surface area contributed by atoms with Crippen molar-refractivity contribution in [2.24, 2.45) is 0 Å². The molecule has 3 aromatic rings. The van der Waals surface area contributed by atoms with Crippen molar-refractivity contribution in [1.29, 1.82) is 0 Å². The van der Waals surface area contributed by atoms with E-state index in [1.165, 1.54) is 11.3 Å². The Morgan fingerprint density at radius 1 is 1.03 bits per heavy atom. The molecule has 0 aliphatic carbocycles. The molecule has 10 heteroatoms. The summed E-state index contributed by atoms with van der Waals surface area (Å²) < 4.78 is 16.0. The standard InChI is InChI=1S/C19H24N6O3S/c1-3-27-19-22-21-17(29-19)13-25-10-8-24(9-11-25)12-16-20-18(23-28-16)14-4-6-15(26-2)7-5-14/h4-7H,3,8-13H2,1-2H3. The van der Waals surface area contributed by atoms with Crippen molar-refractivity contribution in [2.45, 2.75) is 20.0 Å². The summed E-state index contributed by atoms with van der Waals surface area (Å²) in [4.78, 5) is 9.24. The Morgan fingerprint density at radius 2 is 1.76 bits per heavy atom. The summed E-state index contributed by atoms with van der Waals surface area (Å²) in [7, 11) is 1.65. The van der Waals surface area contributed by atoms with Crippen molar-refractivity contribution in [3.63, 3.8) is 0 Å². The predicted molar refractivity (Wildman–Crippen MR) is 108 cm³/mol. The summed E-state index contributed by atoms with van der Waals surface area (Å²) in [5, 5.41) is 14.0. The minimum absolute atomic E-state index is 0.600. The van der Waals surface area contributed by atoms with Crippen LogP contribution in [-0.2, 0) is 13.1 Å².